The predicted octanol–water partition coefficient (Wildman–Crippen LogP) is 1.77. The van der Waals surface area contributed by atoms with Gasteiger partial charge in [-0.05, 0) is 24.6 Å². The van der Waals surface area contributed by atoms with Gasteiger partial charge in [-0.2, -0.15) is 0 Å². The van der Waals surface area contributed by atoms with Crippen molar-refractivity contribution in [1.82, 2.24) is 0 Å². The maximum Gasteiger partial charge on any atom is 0.150 e. The Labute approximate surface area is 75.4 Å². The summed E-state index contributed by atoms with van der Waals surface area (Å²) in [7, 11) is 1.37. The second kappa shape index (κ2) is 3.53. The summed E-state index contributed by atoms with van der Waals surface area (Å²) in [6, 6.07) is 2.30. The Kier molecular flexibility index (Phi) is 2.63. The number of hydroxylamine groups is 1. The Morgan fingerprint density at radius 3 is 2.62 bits per heavy atom. The second-order valence-electron chi connectivity index (χ2n) is 2.78. The summed E-state index contributed by atoms with van der Waals surface area (Å²) in [4.78, 5) is 10.5. The highest BCUT2D eigenvalue weighted by atomic mass is 19.1. The molecular weight excluding hydrogens is 173 g/mol. The molecule has 0 unspecified atom stereocenters. The van der Waals surface area contributed by atoms with Gasteiger partial charge in [0.2, 0.25) is 0 Å². The number of anilines is 1. The van der Waals surface area contributed by atoms with Gasteiger partial charge in [0.05, 0.1) is 5.69 Å². The monoisotopic (exact) mass is 183 g/mol. The number of carbonyl (C=O) groups is 1. The minimum absolute atomic E-state index is 0.246. The van der Waals surface area contributed by atoms with E-state index >= 15 is 0 Å². The standard InChI is InChI=1S/C9H10FNO2/c1-6-7(5-12)3-8(10)4-9(6)11(2)13/h3-5,13H,1-2H3. The number of nitrogens with zero attached hydrogens (tertiary/aromatic N) is 1. The number of hydrogen-bond acceptors (Lipinski definition) is 3. The maximum absolute atomic E-state index is 12.9. The predicted molar refractivity (Wildman–Crippen MR) is 46.7 cm³/mol. The third kappa shape index (κ3) is 1.84. The zero-order valence-corrected chi connectivity index (χ0v) is 7.41. The topological polar surface area (TPSA) is 40.5 Å². The van der Waals surface area contributed by atoms with E-state index in [2.05, 4.69) is 0 Å². The Morgan fingerprint density at radius 1 is 1.54 bits per heavy atom. The number of rotatable bonds is 2. The van der Waals surface area contributed by atoms with Crippen LogP contribution in [0.2, 0.25) is 0 Å². The van der Waals surface area contributed by atoms with E-state index < -0.39 is 5.82 Å². The van der Waals surface area contributed by atoms with Gasteiger partial charge in [0.1, 0.15) is 12.1 Å². The molecule has 4 heteroatoms. The molecule has 0 aliphatic heterocycles. The summed E-state index contributed by atoms with van der Waals surface area (Å²) in [5.41, 5.74) is 1.10. The van der Waals surface area contributed by atoms with Crippen LogP contribution < -0.4 is 5.06 Å². The SMILES string of the molecule is Cc1c(C=O)cc(F)cc1N(C)O. The van der Waals surface area contributed by atoms with Crippen LogP contribution in [0.5, 0.6) is 0 Å². The van der Waals surface area contributed by atoms with Gasteiger partial charge in [0.25, 0.3) is 0 Å². The van der Waals surface area contributed by atoms with Crippen LogP contribution in [-0.2, 0) is 0 Å². The van der Waals surface area contributed by atoms with Crippen molar-refractivity contribution in [3.63, 3.8) is 0 Å². The van der Waals surface area contributed by atoms with Crippen LogP contribution in [0.15, 0.2) is 12.1 Å². The molecule has 0 spiro atoms. The first-order chi connectivity index (χ1) is 6.06. The number of hydrogen-bond donors (Lipinski definition) is 1. The highest BCUT2D eigenvalue weighted by Crippen LogP contribution is 2.21. The molecule has 13 heavy (non-hydrogen) atoms. The molecule has 0 bridgehead atoms. The van der Waals surface area contributed by atoms with Crippen LogP contribution >= 0.6 is 0 Å². The Bertz CT molecular complexity index is 337. The molecule has 0 atom stereocenters. The molecule has 0 aliphatic rings. The van der Waals surface area contributed by atoms with Crippen molar-refractivity contribution < 1.29 is 14.4 Å². The van der Waals surface area contributed by atoms with E-state index in [9.17, 15) is 9.18 Å². The van der Waals surface area contributed by atoms with Gasteiger partial charge >= 0.3 is 0 Å². The summed E-state index contributed by atoms with van der Waals surface area (Å²) in [6.07, 6.45) is 0.561. The first-order valence-corrected chi connectivity index (χ1v) is 3.74. The third-order valence-electron chi connectivity index (χ3n) is 1.86. The van der Waals surface area contributed by atoms with Gasteiger partial charge in [-0.25, -0.2) is 4.39 Å². The normalized spacial score (nSPS) is 9.85. The van der Waals surface area contributed by atoms with Crippen molar-refractivity contribution in [2.75, 3.05) is 12.1 Å². The lowest BCUT2D eigenvalue weighted by Crippen LogP contribution is -2.12. The van der Waals surface area contributed by atoms with Crippen LogP contribution in [0.4, 0.5) is 10.1 Å². The number of carbonyl (C=O) groups excluding carboxylic acids is 1. The summed E-state index contributed by atoms with van der Waals surface area (Å²) < 4.78 is 12.9. The molecule has 0 amide bonds. The Hall–Kier alpha value is -1.42. The van der Waals surface area contributed by atoms with E-state index in [1.54, 1.807) is 6.92 Å². The van der Waals surface area contributed by atoms with E-state index in [-0.39, 0.29) is 5.56 Å². The van der Waals surface area contributed by atoms with Gasteiger partial charge in [-0.1, -0.05) is 0 Å². The maximum atomic E-state index is 12.9. The van der Waals surface area contributed by atoms with Crippen molar-refractivity contribution in [1.29, 1.82) is 0 Å². The van der Waals surface area contributed by atoms with Crippen molar-refractivity contribution in [2.45, 2.75) is 6.92 Å². The van der Waals surface area contributed by atoms with E-state index in [1.165, 1.54) is 13.1 Å². The smallest absolute Gasteiger partial charge is 0.150 e. The van der Waals surface area contributed by atoms with Crippen molar-refractivity contribution in [3.05, 3.63) is 29.1 Å². The van der Waals surface area contributed by atoms with E-state index in [0.29, 0.717) is 17.5 Å². The minimum Gasteiger partial charge on any atom is -0.298 e. The Morgan fingerprint density at radius 2 is 2.15 bits per heavy atom. The first kappa shape index (κ1) is 9.67. The summed E-state index contributed by atoms with van der Waals surface area (Å²) in [5, 5.41) is 9.88. The fourth-order valence-corrected chi connectivity index (χ4v) is 1.14. The fraction of sp³-hybridized carbons (Fsp3) is 0.222. The largest absolute Gasteiger partial charge is 0.298 e. The molecule has 1 aromatic carbocycles. The van der Waals surface area contributed by atoms with Gasteiger partial charge in [0.15, 0.2) is 0 Å². The van der Waals surface area contributed by atoms with Crippen LogP contribution in [0.25, 0.3) is 0 Å². The summed E-state index contributed by atoms with van der Waals surface area (Å²) in [5.74, 6) is -0.538. The fourth-order valence-electron chi connectivity index (χ4n) is 1.14. The molecule has 3 nitrogen and oxygen atoms in total. The van der Waals surface area contributed by atoms with Gasteiger partial charge < -0.3 is 0 Å². The molecule has 70 valence electrons. The molecule has 0 heterocycles. The third-order valence-corrected chi connectivity index (χ3v) is 1.86. The first-order valence-electron chi connectivity index (χ1n) is 3.74. The molecule has 0 aliphatic carbocycles. The molecule has 0 aromatic heterocycles. The van der Waals surface area contributed by atoms with E-state index in [0.717, 1.165) is 11.1 Å². The molecule has 1 N–H and O–H groups in total. The second-order valence-corrected chi connectivity index (χ2v) is 2.78. The number of halogens is 1. The van der Waals surface area contributed by atoms with Gasteiger partial charge in [-0.15, -0.1) is 0 Å². The van der Waals surface area contributed by atoms with E-state index in [4.69, 9.17) is 5.21 Å². The van der Waals surface area contributed by atoms with E-state index in [1.807, 2.05) is 0 Å². The minimum atomic E-state index is -0.538. The molecule has 0 fully saturated rings. The highest BCUT2D eigenvalue weighted by molar-refractivity contribution is 5.80. The molecule has 1 rings (SSSR count). The van der Waals surface area contributed by atoms with Crippen molar-refractivity contribution >= 4 is 12.0 Å². The van der Waals surface area contributed by atoms with Crippen LogP contribution in [0.1, 0.15) is 15.9 Å². The zero-order chi connectivity index (χ0) is 10.0. The summed E-state index contributed by atoms with van der Waals surface area (Å²) in [6.45, 7) is 1.64. The lowest BCUT2D eigenvalue weighted by atomic mass is 10.1. The molecule has 0 saturated heterocycles. The van der Waals surface area contributed by atoms with Gasteiger partial charge in [-0.3, -0.25) is 15.1 Å². The lowest BCUT2D eigenvalue weighted by Gasteiger charge is -2.14. The van der Waals surface area contributed by atoms with Crippen molar-refractivity contribution in [3.8, 4) is 0 Å². The Balaban J connectivity index is 3.35. The molecule has 1 aromatic rings. The highest BCUT2D eigenvalue weighted by Gasteiger charge is 2.08. The quantitative estimate of drug-likeness (QED) is 0.561. The lowest BCUT2D eigenvalue weighted by molar-refractivity contribution is 0.112. The number of aldehydes is 1. The zero-order valence-electron chi connectivity index (χ0n) is 7.41. The average molecular weight is 183 g/mol. The van der Waals surface area contributed by atoms with Crippen LogP contribution in [0, 0.1) is 12.7 Å². The molecule has 0 radical (unpaired) electrons. The summed E-state index contributed by atoms with van der Waals surface area (Å²) >= 11 is 0. The van der Waals surface area contributed by atoms with Crippen molar-refractivity contribution in [2.24, 2.45) is 0 Å². The number of benzene rings is 1. The molecule has 0 saturated carbocycles. The van der Waals surface area contributed by atoms with Crippen LogP contribution in [0.3, 0.4) is 0 Å². The van der Waals surface area contributed by atoms with Crippen LogP contribution in [-0.4, -0.2) is 18.5 Å². The molecular formula is C9H10FNO2. The van der Waals surface area contributed by atoms with Gasteiger partial charge in [0, 0.05) is 12.6 Å². The average Bonchev–Trinajstić information content (AvgIpc) is 2.08.